The number of benzene rings is 2. The highest BCUT2D eigenvalue weighted by molar-refractivity contribution is 5.92. The summed E-state index contributed by atoms with van der Waals surface area (Å²) >= 11 is 0. The van der Waals surface area contributed by atoms with Crippen LogP contribution in [-0.2, 0) is 4.79 Å². The molecule has 21 heavy (non-hydrogen) atoms. The molecule has 1 N–H and O–H groups in total. The fourth-order valence-electron chi connectivity index (χ4n) is 1.83. The first-order valence-electron chi connectivity index (χ1n) is 6.33. The van der Waals surface area contributed by atoms with Crippen LogP contribution in [0.4, 0.5) is 10.1 Å². The van der Waals surface area contributed by atoms with Crippen LogP contribution in [0.25, 0.3) is 0 Å². The molecule has 0 aromatic heterocycles. The predicted octanol–water partition coefficient (Wildman–Crippen LogP) is 2.96. The van der Waals surface area contributed by atoms with Crippen LogP contribution < -0.4 is 10.1 Å². The summed E-state index contributed by atoms with van der Waals surface area (Å²) in [5.41, 5.74) is 1.71. The van der Waals surface area contributed by atoms with Crippen molar-refractivity contribution < 1.29 is 18.7 Å². The third-order valence-corrected chi connectivity index (χ3v) is 2.77. The van der Waals surface area contributed by atoms with Crippen molar-refractivity contribution in [1.29, 1.82) is 0 Å². The van der Waals surface area contributed by atoms with Crippen LogP contribution in [0.15, 0.2) is 42.5 Å². The molecular formula is C16H14FNO3. The van der Waals surface area contributed by atoms with E-state index < -0.39 is 11.7 Å². The molecule has 2 aromatic rings. The molecule has 0 saturated carbocycles. The highest BCUT2D eigenvalue weighted by atomic mass is 19.1. The standard InChI is InChI=1S/C16H14FNO3/c1-11-4-2-6-13(8-11)18-15(20)10-21-16-12(9-19)5-3-7-14(16)17/h2-9H,10H2,1H3,(H,18,20). The number of ether oxygens (including phenoxy) is 1. The number of anilines is 1. The van der Waals surface area contributed by atoms with Crippen molar-refractivity contribution in [2.24, 2.45) is 0 Å². The monoisotopic (exact) mass is 287 g/mol. The Labute approximate surface area is 121 Å². The molecule has 0 radical (unpaired) electrons. The van der Waals surface area contributed by atoms with Gasteiger partial charge in [0.15, 0.2) is 24.5 Å². The molecule has 1 amide bonds. The summed E-state index contributed by atoms with van der Waals surface area (Å²) in [6.07, 6.45) is 0.483. The van der Waals surface area contributed by atoms with Crippen LogP contribution in [0.5, 0.6) is 5.75 Å². The predicted molar refractivity (Wildman–Crippen MR) is 77.1 cm³/mol. The maximum Gasteiger partial charge on any atom is 0.262 e. The van der Waals surface area contributed by atoms with Gasteiger partial charge in [0.1, 0.15) is 0 Å². The van der Waals surface area contributed by atoms with Gasteiger partial charge in [-0.15, -0.1) is 0 Å². The molecule has 0 saturated heterocycles. The molecule has 0 unspecified atom stereocenters. The highest BCUT2D eigenvalue weighted by Crippen LogP contribution is 2.21. The summed E-state index contributed by atoms with van der Waals surface area (Å²) in [4.78, 5) is 22.6. The zero-order chi connectivity index (χ0) is 15.2. The maximum atomic E-state index is 13.6. The molecule has 0 aliphatic rings. The second-order valence-corrected chi connectivity index (χ2v) is 4.48. The minimum atomic E-state index is -0.678. The number of hydrogen-bond acceptors (Lipinski definition) is 3. The number of hydrogen-bond donors (Lipinski definition) is 1. The fourth-order valence-corrected chi connectivity index (χ4v) is 1.83. The number of para-hydroxylation sites is 1. The van der Waals surface area contributed by atoms with E-state index in [4.69, 9.17) is 4.74 Å². The summed E-state index contributed by atoms with van der Waals surface area (Å²) in [5.74, 6) is -1.32. The number of carbonyl (C=O) groups excluding carboxylic acids is 2. The van der Waals surface area contributed by atoms with Crippen LogP contribution in [0.2, 0.25) is 0 Å². The van der Waals surface area contributed by atoms with E-state index >= 15 is 0 Å². The average molecular weight is 287 g/mol. The van der Waals surface area contributed by atoms with Gasteiger partial charge in [-0.25, -0.2) is 4.39 Å². The first kappa shape index (κ1) is 14.7. The van der Waals surface area contributed by atoms with Gasteiger partial charge in [0.2, 0.25) is 0 Å². The van der Waals surface area contributed by atoms with Crippen molar-refractivity contribution in [3.8, 4) is 5.75 Å². The SMILES string of the molecule is Cc1cccc(NC(=O)COc2c(F)cccc2C=O)c1. The number of aryl methyl sites for hydroxylation is 1. The Balaban J connectivity index is 2.00. The van der Waals surface area contributed by atoms with Crippen LogP contribution in [0.1, 0.15) is 15.9 Å². The number of halogens is 1. The third kappa shape index (κ3) is 3.89. The van der Waals surface area contributed by atoms with Gasteiger partial charge in [0, 0.05) is 5.69 Å². The van der Waals surface area contributed by atoms with Crippen molar-refractivity contribution in [3.63, 3.8) is 0 Å². The molecule has 0 aliphatic carbocycles. The quantitative estimate of drug-likeness (QED) is 0.860. The average Bonchev–Trinajstić information content (AvgIpc) is 2.45. The molecule has 0 aliphatic heterocycles. The first-order valence-corrected chi connectivity index (χ1v) is 6.33. The lowest BCUT2D eigenvalue weighted by atomic mass is 10.2. The lowest BCUT2D eigenvalue weighted by Crippen LogP contribution is -2.21. The van der Waals surface area contributed by atoms with E-state index in [0.29, 0.717) is 12.0 Å². The molecule has 5 heteroatoms. The van der Waals surface area contributed by atoms with Crippen molar-refractivity contribution in [1.82, 2.24) is 0 Å². The molecule has 0 bridgehead atoms. The summed E-state index contributed by atoms with van der Waals surface area (Å²) < 4.78 is 18.7. The maximum absolute atomic E-state index is 13.6. The minimum absolute atomic E-state index is 0.0679. The molecule has 2 rings (SSSR count). The third-order valence-electron chi connectivity index (χ3n) is 2.77. The molecule has 0 fully saturated rings. The van der Waals surface area contributed by atoms with Crippen LogP contribution in [0.3, 0.4) is 0 Å². The van der Waals surface area contributed by atoms with Gasteiger partial charge in [-0.1, -0.05) is 18.2 Å². The Hall–Kier alpha value is -2.69. The largest absolute Gasteiger partial charge is 0.480 e. The number of aldehydes is 1. The molecule has 2 aromatic carbocycles. The summed E-state index contributed by atoms with van der Waals surface area (Å²) in [6, 6.07) is 11.3. The molecular weight excluding hydrogens is 273 g/mol. The molecule has 0 spiro atoms. The fraction of sp³-hybridized carbons (Fsp3) is 0.125. The van der Waals surface area contributed by atoms with E-state index in [-0.39, 0.29) is 17.9 Å². The van der Waals surface area contributed by atoms with Crippen molar-refractivity contribution in [3.05, 3.63) is 59.4 Å². The second kappa shape index (κ2) is 6.65. The van der Waals surface area contributed by atoms with Gasteiger partial charge < -0.3 is 10.1 Å². The second-order valence-electron chi connectivity index (χ2n) is 4.48. The van der Waals surface area contributed by atoms with Crippen LogP contribution in [-0.4, -0.2) is 18.8 Å². The smallest absolute Gasteiger partial charge is 0.262 e. The van der Waals surface area contributed by atoms with E-state index in [1.54, 1.807) is 12.1 Å². The van der Waals surface area contributed by atoms with E-state index in [9.17, 15) is 14.0 Å². The number of amides is 1. The molecule has 0 atom stereocenters. The zero-order valence-corrected chi connectivity index (χ0v) is 11.4. The van der Waals surface area contributed by atoms with E-state index in [2.05, 4.69) is 5.32 Å². The lowest BCUT2D eigenvalue weighted by Gasteiger charge is -2.10. The van der Waals surface area contributed by atoms with Crippen molar-refractivity contribution in [2.75, 3.05) is 11.9 Å². The molecule has 4 nitrogen and oxygen atoms in total. The molecule has 108 valence electrons. The summed E-state index contributed by atoms with van der Waals surface area (Å²) in [7, 11) is 0. The van der Waals surface area contributed by atoms with E-state index in [1.807, 2.05) is 19.1 Å². The summed E-state index contributed by atoms with van der Waals surface area (Å²) in [6.45, 7) is 1.53. The Bertz CT molecular complexity index is 670. The van der Waals surface area contributed by atoms with Crippen molar-refractivity contribution >= 4 is 17.9 Å². The Kier molecular flexibility index (Phi) is 4.66. The normalized spacial score (nSPS) is 10.0. The van der Waals surface area contributed by atoms with Crippen LogP contribution >= 0.6 is 0 Å². The minimum Gasteiger partial charge on any atom is -0.480 e. The van der Waals surface area contributed by atoms with Crippen LogP contribution in [0, 0.1) is 12.7 Å². The Morgan fingerprint density at radius 2 is 2.05 bits per heavy atom. The number of nitrogens with one attached hydrogen (secondary N) is 1. The Morgan fingerprint density at radius 3 is 2.76 bits per heavy atom. The first-order chi connectivity index (χ1) is 10.1. The van der Waals surface area contributed by atoms with Crippen molar-refractivity contribution in [2.45, 2.75) is 6.92 Å². The highest BCUT2D eigenvalue weighted by Gasteiger charge is 2.11. The van der Waals surface area contributed by atoms with Gasteiger partial charge in [-0.3, -0.25) is 9.59 Å². The lowest BCUT2D eigenvalue weighted by molar-refractivity contribution is -0.118. The van der Waals surface area contributed by atoms with Gasteiger partial charge in [-0.05, 0) is 36.8 Å². The van der Waals surface area contributed by atoms with Gasteiger partial charge in [0.05, 0.1) is 5.56 Å². The van der Waals surface area contributed by atoms with E-state index in [0.717, 1.165) is 5.56 Å². The number of rotatable bonds is 5. The molecule has 0 heterocycles. The summed E-state index contributed by atoms with van der Waals surface area (Å²) in [5, 5.41) is 2.64. The zero-order valence-electron chi connectivity index (χ0n) is 11.4. The van der Waals surface area contributed by atoms with E-state index in [1.165, 1.54) is 18.2 Å². The van der Waals surface area contributed by atoms with Gasteiger partial charge in [-0.2, -0.15) is 0 Å². The number of carbonyl (C=O) groups is 2. The Morgan fingerprint density at radius 1 is 1.29 bits per heavy atom. The topological polar surface area (TPSA) is 55.4 Å². The van der Waals surface area contributed by atoms with Gasteiger partial charge >= 0.3 is 0 Å². The van der Waals surface area contributed by atoms with Gasteiger partial charge in [0.25, 0.3) is 5.91 Å².